The summed E-state index contributed by atoms with van der Waals surface area (Å²) in [6, 6.07) is 11.2. The van der Waals surface area contributed by atoms with Crippen molar-refractivity contribution in [2.75, 3.05) is 12.4 Å². The standard InChI is InChI=1S/C16H15ClFNO2/c1-10(12-5-3-4-6-14(12)17)19-15-8-7-11(18)9-13(15)16(20)21-2/h3-10,19H,1-2H3. The van der Waals surface area contributed by atoms with E-state index in [2.05, 4.69) is 10.1 Å². The molecule has 0 aliphatic rings. The number of hydrogen-bond acceptors (Lipinski definition) is 3. The molecule has 0 aliphatic carbocycles. The first kappa shape index (κ1) is 15.3. The molecule has 0 heterocycles. The first-order valence-electron chi connectivity index (χ1n) is 6.41. The van der Waals surface area contributed by atoms with Gasteiger partial charge in [0.05, 0.1) is 18.7 Å². The van der Waals surface area contributed by atoms with Gasteiger partial charge in [0, 0.05) is 10.7 Å². The maximum atomic E-state index is 13.3. The third-order valence-electron chi connectivity index (χ3n) is 3.13. The Labute approximate surface area is 127 Å². The van der Waals surface area contributed by atoms with Crippen LogP contribution in [0, 0.1) is 5.82 Å². The molecule has 0 amide bonds. The summed E-state index contributed by atoms with van der Waals surface area (Å²) in [5, 5.41) is 3.78. The number of halogens is 2. The van der Waals surface area contributed by atoms with Gasteiger partial charge in [-0.05, 0) is 36.8 Å². The van der Waals surface area contributed by atoms with E-state index in [1.54, 1.807) is 6.07 Å². The first-order valence-corrected chi connectivity index (χ1v) is 6.79. The van der Waals surface area contributed by atoms with Gasteiger partial charge >= 0.3 is 5.97 Å². The van der Waals surface area contributed by atoms with Gasteiger partial charge < -0.3 is 10.1 Å². The summed E-state index contributed by atoms with van der Waals surface area (Å²) in [6.45, 7) is 1.91. The lowest BCUT2D eigenvalue weighted by atomic mass is 10.1. The molecule has 3 nitrogen and oxygen atoms in total. The highest BCUT2D eigenvalue weighted by Gasteiger charge is 2.16. The second-order valence-corrected chi connectivity index (χ2v) is 4.98. The van der Waals surface area contributed by atoms with E-state index in [9.17, 15) is 9.18 Å². The van der Waals surface area contributed by atoms with Gasteiger partial charge in [0.2, 0.25) is 0 Å². The molecule has 0 spiro atoms. The van der Waals surface area contributed by atoms with Crippen molar-refractivity contribution in [2.24, 2.45) is 0 Å². The van der Waals surface area contributed by atoms with E-state index in [-0.39, 0.29) is 11.6 Å². The van der Waals surface area contributed by atoms with Crippen LogP contribution in [0.5, 0.6) is 0 Å². The minimum Gasteiger partial charge on any atom is -0.465 e. The van der Waals surface area contributed by atoms with Crippen molar-refractivity contribution in [3.8, 4) is 0 Å². The lowest BCUT2D eigenvalue weighted by Crippen LogP contribution is -2.12. The smallest absolute Gasteiger partial charge is 0.340 e. The Kier molecular flexibility index (Phi) is 4.81. The summed E-state index contributed by atoms with van der Waals surface area (Å²) in [5.74, 6) is -1.09. The molecule has 1 atom stereocenters. The summed E-state index contributed by atoms with van der Waals surface area (Å²) in [4.78, 5) is 11.7. The van der Waals surface area contributed by atoms with Crippen LogP contribution < -0.4 is 5.32 Å². The Balaban J connectivity index is 2.31. The largest absolute Gasteiger partial charge is 0.465 e. The van der Waals surface area contributed by atoms with E-state index in [4.69, 9.17) is 11.6 Å². The molecule has 1 N–H and O–H groups in total. The van der Waals surface area contributed by atoms with Crippen molar-refractivity contribution >= 4 is 23.3 Å². The van der Waals surface area contributed by atoms with Crippen LogP contribution >= 0.6 is 11.6 Å². The number of rotatable bonds is 4. The van der Waals surface area contributed by atoms with Gasteiger partial charge in [0.25, 0.3) is 0 Å². The molecule has 0 saturated carbocycles. The predicted molar refractivity (Wildman–Crippen MR) is 81.2 cm³/mol. The van der Waals surface area contributed by atoms with Crippen molar-refractivity contribution in [2.45, 2.75) is 13.0 Å². The second kappa shape index (κ2) is 6.59. The molecular weight excluding hydrogens is 293 g/mol. The zero-order chi connectivity index (χ0) is 15.4. The molecule has 0 radical (unpaired) electrons. The molecule has 2 rings (SSSR count). The topological polar surface area (TPSA) is 38.3 Å². The van der Waals surface area contributed by atoms with Crippen LogP contribution in [0.2, 0.25) is 5.02 Å². The normalized spacial score (nSPS) is 11.8. The Hall–Kier alpha value is -2.07. The van der Waals surface area contributed by atoms with E-state index in [1.807, 2.05) is 25.1 Å². The summed E-state index contributed by atoms with van der Waals surface area (Å²) in [5.41, 5.74) is 1.53. The average molecular weight is 308 g/mol. The van der Waals surface area contributed by atoms with Crippen molar-refractivity contribution < 1.29 is 13.9 Å². The van der Waals surface area contributed by atoms with Crippen LogP contribution in [0.4, 0.5) is 10.1 Å². The van der Waals surface area contributed by atoms with Gasteiger partial charge in [0.1, 0.15) is 5.82 Å². The molecule has 1 unspecified atom stereocenters. The highest BCUT2D eigenvalue weighted by Crippen LogP contribution is 2.27. The summed E-state index contributed by atoms with van der Waals surface area (Å²) in [6.07, 6.45) is 0. The summed E-state index contributed by atoms with van der Waals surface area (Å²) >= 11 is 6.15. The molecule has 0 aliphatic heterocycles. The van der Waals surface area contributed by atoms with E-state index in [0.29, 0.717) is 10.7 Å². The van der Waals surface area contributed by atoms with E-state index >= 15 is 0 Å². The van der Waals surface area contributed by atoms with Crippen molar-refractivity contribution in [1.29, 1.82) is 0 Å². The fourth-order valence-electron chi connectivity index (χ4n) is 2.06. The zero-order valence-electron chi connectivity index (χ0n) is 11.7. The van der Waals surface area contributed by atoms with Gasteiger partial charge in [-0.15, -0.1) is 0 Å². The van der Waals surface area contributed by atoms with E-state index in [0.717, 1.165) is 11.6 Å². The lowest BCUT2D eigenvalue weighted by Gasteiger charge is -2.18. The Morgan fingerprint density at radius 1 is 1.29 bits per heavy atom. The Bertz CT molecular complexity index is 660. The van der Waals surface area contributed by atoms with Crippen molar-refractivity contribution in [1.82, 2.24) is 0 Å². The summed E-state index contributed by atoms with van der Waals surface area (Å²) in [7, 11) is 1.26. The van der Waals surface area contributed by atoms with Gasteiger partial charge in [-0.1, -0.05) is 29.8 Å². The quantitative estimate of drug-likeness (QED) is 0.849. The third kappa shape index (κ3) is 3.52. The molecule has 21 heavy (non-hydrogen) atoms. The Morgan fingerprint density at radius 3 is 2.67 bits per heavy atom. The number of ether oxygens (including phenoxy) is 1. The molecule has 110 valence electrons. The molecule has 5 heteroatoms. The van der Waals surface area contributed by atoms with Crippen LogP contribution in [0.1, 0.15) is 28.9 Å². The fourth-order valence-corrected chi connectivity index (χ4v) is 2.36. The highest BCUT2D eigenvalue weighted by atomic mass is 35.5. The van der Waals surface area contributed by atoms with Crippen LogP contribution in [-0.4, -0.2) is 13.1 Å². The molecule has 0 saturated heterocycles. The summed E-state index contributed by atoms with van der Waals surface area (Å²) < 4.78 is 18.0. The van der Waals surface area contributed by atoms with Crippen LogP contribution in [0.3, 0.4) is 0 Å². The third-order valence-corrected chi connectivity index (χ3v) is 3.47. The number of carbonyl (C=O) groups excluding carboxylic acids is 1. The van der Waals surface area contributed by atoms with Gasteiger partial charge in [-0.2, -0.15) is 0 Å². The average Bonchev–Trinajstić information content (AvgIpc) is 2.48. The number of hydrogen-bond donors (Lipinski definition) is 1. The van der Waals surface area contributed by atoms with E-state index < -0.39 is 11.8 Å². The number of esters is 1. The molecule has 0 bridgehead atoms. The number of benzene rings is 2. The van der Waals surface area contributed by atoms with E-state index in [1.165, 1.54) is 19.2 Å². The maximum absolute atomic E-state index is 13.3. The molecule has 0 fully saturated rings. The van der Waals surface area contributed by atoms with Gasteiger partial charge in [0.15, 0.2) is 0 Å². The zero-order valence-corrected chi connectivity index (χ0v) is 12.4. The highest BCUT2D eigenvalue weighted by molar-refractivity contribution is 6.31. The SMILES string of the molecule is COC(=O)c1cc(F)ccc1NC(C)c1ccccc1Cl. The van der Waals surface area contributed by atoms with Gasteiger partial charge in [-0.25, -0.2) is 9.18 Å². The second-order valence-electron chi connectivity index (χ2n) is 4.57. The fraction of sp³-hybridized carbons (Fsp3) is 0.188. The number of methoxy groups -OCH3 is 1. The minimum absolute atomic E-state index is 0.146. The maximum Gasteiger partial charge on any atom is 0.340 e. The predicted octanol–water partition coefficient (Wildman–Crippen LogP) is 4.44. The van der Waals surface area contributed by atoms with Crippen LogP contribution in [0.25, 0.3) is 0 Å². The number of nitrogens with one attached hydrogen (secondary N) is 1. The van der Waals surface area contributed by atoms with Gasteiger partial charge in [-0.3, -0.25) is 0 Å². The van der Waals surface area contributed by atoms with Crippen LogP contribution in [-0.2, 0) is 4.74 Å². The molecular formula is C16H15ClFNO2. The monoisotopic (exact) mass is 307 g/mol. The molecule has 2 aromatic carbocycles. The first-order chi connectivity index (χ1) is 10.0. The van der Waals surface area contributed by atoms with Crippen LogP contribution in [0.15, 0.2) is 42.5 Å². The molecule has 0 aromatic heterocycles. The Morgan fingerprint density at radius 2 is 2.00 bits per heavy atom. The molecule has 2 aromatic rings. The number of anilines is 1. The lowest BCUT2D eigenvalue weighted by molar-refractivity contribution is 0.0601. The number of carbonyl (C=O) groups is 1. The van der Waals surface area contributed by atoms with Crippen molar-refractivity contribution in [3.63, 3.8) is 0 Å². The minimum atomic E-state index is -0.594. The van der Waals surface area contributed by atoms with Crippen molar-refractivity contribution in [3.05, 3.63) is 64.4 Å².